The predicted octanol–water partition coefficient (Wildman–Crippen LogP) is 4.92. The third-order valence-corrected chi connectivity index (χ3v) is 4.66. The van der Waals surface area contributed by atoms with Gasteiger partial charge in [-0.15, -0.1) is 0 Å². The Labute approximate surface area is 157 Å². The van der Waals surface area contributed by atoms with Crippen LogP contribution in [-0.4, -0.2) is 17.5 Å². The summed E-state index contributed by atoms with van der Waals surface area (Å²) >= 11 is 1.64. The van der Waals surface area contributed by atoms with Crippen LogP contribution in [0.2, 0.25) is 0 Å². The molecular weight excluding hydrogens is 344 g/mol. The highest BCUT2D eigenvalue weighted by Crippen LogP contribution is 2.20. The standard InChI is InChI=1S/C21H22N2O2S/c1-2-3-11-25-19-6-4-17(5-7-19)21(24)23-14-16-8-10-22-20(13-16)18-9-12-26-15-18/h4-10,12-13,15H,2-3,11,14H2,1H3,(H,23,24). The van der Waals surface area contributed by atoms with Gasteiger partial charge in [0.2, 0.25) is 0 Å². The molecule has 0 radical (unpaired) electrons. The second kappa shape index (κ2) is 9.15. The topological polar surface area (TPSA) is 51.2 Å². The van der Waals surface area contributed by atoms with Gasteiger partial charge in [-0.05, 0) is 59.8 Å². The van der Waals surface area contributed by atoms with Crippen LogP contribution in [0.5, 0.6) is 5.75 Å². The molecule has 0 saturated heterocycles. The molecule has 0 unspecified atom stereocenters. The summed E-state index contributed by atoms with van der Waals surface area (Å²) < 4.78 is 5.62. The molecule has 3 rings (SSSR count). The maximum absolute atomic E-state index is 12.3. The molecule has 0 spiro atoms. The number of rotatable bonds is 8. The number of amides is 1. The number of nitrogens with one attached hydrogen (secondary N) is 1. The molecule has 3 aromatic rings. The Hall–Kier alpha value is -2.66. The van der Waals surface area contributed by atoms with Crippen LogP contribution in [-0.2, 0) is 6.54 Å². The lowest BCUT2D eigenvalue weighted by atomic mass is 10.1. The number of hydrogen-bond acceptors (Lipinski definition) is 4. The van der Waals surface area contributed by atoms with Gasteiger partial charge in [0.05, 0.1) is 12.3 Å². The zero-order valence-corrected chi connectivity index (χ0v) is 15.6. The van der Waals surface area contributed by atoms with E-state index in [1.54, 1.807) is 29.7 Å². The zero-order chi connectivity index (χ0) is 18.2. The van der Waals surface area contributed by atoms with E-state index in [1.807, 2.05) is 35.7 Å². The van der Waals surface area contributed by atoms with E-state index in [0.717, 1.165) is 35.4 Å². The largest absolute Gasteiger partial charge is 0.494 e. The van der Waals surface area contributed by atoms with Crippen molar-refractivity contribution in [2.75, 3.05) is 6.61 Å². The lowest BCUT2D eigenvalue weighted by Crippen LogP contribution is -2.22. The van der Waals surface area contributed by atoms with E-state index in [4.69, 9.17) is 4.74 Å². The van der Waals surface area contributed by atoms with Crippen LogP contribution in [0.25, 0.3) is 11.3 Å². The quantitative estimate of drug-likeness (QED) is 0.576. The monoisotopic (exact) mass is 366 g/mol. The first-order chi connectivity index (χ1) is 12.8. The minimum atomic E-state index is -0.0981. The van der Waals surface area contributed by atoms with Crippen molar-refractivity contribution in [3.63, 3.8) is 0 Å². The second-order valence-corrected chi connectivity index (χ2v) is 6.75. The number of pyridine rings is 1. The van der Waals surface area contributed by atoms with E-state index < -0.39 is 0 Å². The molecule has 5 heteroatoms. The molecule has 4 nitrogen and oxygen atoms in total. The van der Waals surface area contributed by atoms with Crippen LogP contribution in [0.4, 0.5) is 0 Å². The number of hydrogen-bond donors (Lipinski definition) is 1. The minimum absolute atomic E-state index is 0.0981. The van der Waals surface area contributed by atoms with Gasteiger partial charge < -0.3 is 10.1 Å². The van der Waals surface area contributed by atoms with Crippen molar-refractivity contribution >= 4 is 17.2 Å². The van der Waals surface area contributed by atoms with Crippen LogP contribution in [0.1, 0.15) is 35.7 Å². The normalized spacial score (nSPS) is 10.5. The lowest BCUT2D eigenvalue weighted by molar-refractivity contribution is 0.0951. The van der Waals surface area contributed by atoms with E-state index in [-0.39, 0.29) is 5.91 Å². The maximum atomic E-state index is 12.3. The fourth-order valence-electron chi connectivity index (χ4n) is 2.47. The number of thiophene rings is 1. The van der Waals surface area contributed by atoms with Gasteiger partial charge in [-0.1, -0.05) is 13.3 Å². The molecule has 26 heavy (non-hydrogen) atoms. The summed E-state index contributed by atoms with van der Waals surface area (Å²) in [6, 6.07) is 13.2. The van der Waals surface area contributed by atoms with Crippen molar-refractivity contribution in [2.24, 2.45) is 0 Å². The van der Waals surface area contributed by atoms with Gasteiger partial charge in [-0.3, -0.25) is 9.78 Å². The molecule has 0 bridgehead atoms. The number of unbranched alkanes of at least 4 members (excludes halogenated alkanes) is 1. The molecule has 1 N–H and O–H groups in total. The third kappa shape index (κ3) is 4.92. The molecular formula is C21H22N2O2S. The van der Waals surface area contributed by atoms with Crippen molar-refractivity contribution in [1.82, 2.24) is 10.3 Å². The van der Waals surface area contributed by atoms with Crippen molar-refractivity contribution in [2.45, 2.75) is 26.3 Å². The van der Waals surface area contributed by atoms with Gasteiger partial charge >= 0.3 is 0 Å². The smallest absolute Gasteiger partial charge is 0.251 e. The highest BCUT2D eigenvalue weighted by Gasteiger charge is 2.07. The molecule has 1 aromatic carbocycles. The van der Waals surface area contributed by atoms with Gasteiger partial charge in [0.15, 0.2) is 0 Å². The molecule has 1 amide bonds. The van der Waals surface area contributed by atoms with Crippen LogP contribution >= 0.6 is 11.3 Å². The summed E-state index contributed by atoms with van der Waals surface area (Å²) in [6.07, 6.45) is 3.90. The molecule has 0 aliphatic carbocycles. The van der Waals surface area contributed by atoms with Gasteiger partial charge in [0.25, 0.3) is 5.91 Å². The van der Waals surface area contributed by atoms with E-state index in [2.05, 4.69) is 22.6 Å². The Morgan fingerprint density at radius 1 is 1.19 bits per heavy atom. The molecule has 0 aliphatic rings. The number of ether oxygens (including phenoxy) is 1. The fraction of sp³-hybridized carbons (Fsp3) is 0.238. The molecule has 134 valence electrons. The van der Waals surface area contributed by atoms with Gasteiger partial charge in [-0.2, -0.15) is 11.3 Å². The average Bonchev–Trinajstić information content (AvgIpc) is 3.22. The van der Waals surface area contributed by atoms with Crippen LogP contribution < -0.4 is 10.1 Å². The first-order valence-electron chi connectivity index (χ1n) is 8.75. The Bertz CT molecular complexity index is 829. The average molecular weight is 366 g/mol. The maximum Gasteiger partial charge on any atom is 0.251 e. The number of carbonyl (C=O) groups is 1. The fourth-order valence-corrected chi connectivity index (χ4v) is 3.12. The number of nitrogens with zero attached hydrogens (tertiary/aromatic N) is 1. The molecule has 2 heterocycles. The first kappa shape index (κ1) is 18.1. The third-order valence-electron chi connectivity index (χ3n) is 3.98. The second-order valence-electron chi connectivity index (χ2n) is 5.97. The molecule has 2 aromatic heterocycles. The van der Waals surface area contributed by atoms with Crippen LogP contribution in [0.15, 0.2) is 59.4 Å². The van der Waals surface area contributed by atoms with Gasteiger partial charge in [0, 0.05) is 29.2 Å². The summed E-state index contributed by atoms with van der Waals surface area (Å²) in [5, 5.41) is 7.05. The predicted molar refractivity (Wildman–Crippen MR) is 106 cm³/mol. The Kier molecular flexibility index (Phi) is 6.39. The summed E-state index contributed by atoms with van der Waals surface area (Å²) in [5.41, 5.74) is 3.67. The van der Waals surface area contributed by atoms with Gasteiger partial charge in [-0.25, -0.2) is 0 Å². The Balaban J connectivity index is 1.56. The van der Waals surface area contributed by atoms with E-state index in [0.29, 0.717) is 18.7 Å². The summed E-state index contributed by atoms with van der Waals surface area (Å²) in [5.74, 6) is 0.698. The number of benzene rings is 1. The zero-order valence-electron chi connectivity index (χ0n) is 14.8. The highest BCUT2D eigenvalue weighted by molar-refractivity contribution is 7.08. The molecule has 0 atom stereocenters. The SMILES string of the molecule is CCCCOc1ccc(C(=O)NCc2ccnc(-c3ccsc3)c2)cc1. The minimum Gasteiger partial charge on any atom is -0.494 e. The Morgan fingerprint density at radius 3 is 2.77 bits per heavy atom. The van der Waals surface area contributed by atoms with Crippen molar-refractivity contribution in [1.29, 1.82) is 0 Å². The van der Waals surface area contributed by atoms with Crippen molar-refractivity contribution in [3.05, 3.63) is 70.5 Å². The van der Waals surface area contributed by atoms with Crippen molar-refractivity contribution < 1.29 is 9.53 Å². The number of carbonyl (C=O) groups excluding carboxylic acids is 1. The highest BCUT2D eigenvalue weighted by atomic mass is 32.1. The summed E-state index contributed by atoms with van der Waals surface area (Å²) in [6.45, 7) is 3.30. The van der Waals surface area contributed by atoms with Crippen molar-refractivity contribution in [3.8, 4) is 17.0 Å². The molecule has 0 saturated carbocycles. The Morgan fingerprint density at radius 2 is 2.04 bits per heavy atom. The first-order valence-corrected chi connectivity index (χ1v) is 9.69. The van der Waals surface area contributed by atoms with Crippen LogP contribution in [0, 0.1) is 0 Å². The summed E-state index contributed by atoms with van der Waals surface area (Å²) in [7, 11) is 0. The van der Waals surface area contributed by atoms with E-state index in [9.17, 15) is 4.79 Å². The molecule has 0 fully saturated rings. The number of aromatic nitrogens is 1. The van der Waals surface area contributed by atoms with E-state index in [1.165, 1.54) is 0 Å². The summed E-state index contributed by atoms with van der Waals surface area (Å²) in [4.78, 5) is 16.7. The van der Waals surface area contributed by atoms with Crippen LogP contribution in [0.3, 0.4) is 0 Å². The van der Waals surface area contributed by atoms with Gasteiger partial charge in [0.1, 0.15) is 5.75 Å². The van der Waals surface area contributed by atoms with E-state index >= 15 is 0 Å². The molecule has 0 aliphatic heterocycles. The lowest BCUT2D eigenvalue weighted by Gasteiger charge is -2.08.